The fraction of sp³-hybridized carbons (Fsp3) is 0.955. The first-order valence-electron chi connectivity index (χ1n) is 11.5. The molecule has 5 heteroatoms. The van der Waals surface area contributed by atoms with Crippen LogP contribution >= 0.6 is 0 Å². The van der Waals surface area contributed by atoms with Gasteiger partial charge >= 0.3 is 5.97 Å². The van der Waals surface area contributed by atoms with E-state index in [0.29, 0.717) is 13.0 Å². The molecule has 27 heavy (non-hydrogen) atoms. The highest BCUT2D eigenvalue weighted by Gasteiger charge is 2.24. The fourth-order valence-corrected chi connectivity index (χ4v) is 3.28. The van der Waals surface area contributed by atoms with E-state index in [1.807, 2.05) is 0 Å². The number of hydrogen-bond acceptors (Lipinski definition) is 3. The molecule has 5 N–H and O–H groups in total. The van der Waals surface area contributed by atoms with Crippen LogP contribution in [0.15, 0.2) is 0 Å². The summed E-state index contributed by atoms with van der Waals surface area (Å²) in [6.45, 7) is 15.6. The minimum absolute atomic E-state index is 0.520. The second kappa shape index (κ2) is 20.1. The molecule has 0 saturated heterocycles. The Kier molecular flexibility index (Phi) is 21.3. The first kappa shape index (κ1) is 28.6. The van der Waals surface area contributed by atoms with Gasteiger partial charge in [-0.15, -0.1) is 0 Å². The van der Waals surface area contributed by atoms with Crippen LogP contribution in [-0.4, -0.2) is 54.3 Å². The van der Waals surface area contributed by atoms with Crippen molar-refractivity contribution in [1.29, 1.82) is 0 Å². The highest BCUT2D eigenvalue weighted by Crippen LogP contribution is 2.16. The summed E-state index contributed by atoms with van der Waals surface area (Å²) in [5.41, 5.74) is 10.4. The normalized spacial score (nSPS) is 12.4. The van der Waals surface area contributed by atoms with Crippen molar-refractivity contribution in [3.8, 4) is 0 Å². The van der Waals surface area contributed by atoms with Crippen molar-refractivity contribution in [2.75, 3.05) is 32.7 Å². The molecule has 0 aromatic carbocycles. The molecule has 0 aromatic rings. The lowest BCUT2D eigenvalue weighted by Crippen LogP contribution is -2.50. The number of quaternary nitrogens is 1. The van der Waals surface area contributed by atoms with Crippen molar-refractivity contribution in [2.24, 2.45) is 11.5 Å². The Morgan fingerprint density at radius 1 is 0.778 bits per heavy atom. The van der Waals surface area contributed by atoms with Crippen molar-refractivity contribution in [3.05, 3.63) is 0 Å². The SMILES string of the molecule is CCCC[N+](CCCC)(CCCC)CCCC.NCCCC[C@H](N)C(=O)O. The summed E-state index contributed by atoms with van der Waals surface area (Å²) in [6, 6.07) is -0.716. The van der Waals surface area contributed by atoms with Crippen LogP contribution in [0.1, 0.15) is 98.3 Å². The zero-order valence-corrected chi connectivity index (χ0v) is 18.8. The lowest BCUT2D eigenvalue weighted by molar-refractivity contribution is -0.929. The largest absolute Gasteiger partial charge is 0.480 e. The average molecular weight is 389 g/mol. The van der Waals surface area contributed by atoms with Crippen LogP contribution in [-0.2, 0) is 4.79 Å². The van der Waals surface area contributed by atoms with Crippen molar-refractivity contribution >= 4 is 5.97 Å². The first-order valence-corrected chi connectivity index (χ1v) is 11.5. The van der Waals surface area contributed by atoms with E-state index in [1.54, 1.807) is 0 Å². The van der Waals surface area contributed by atoms with E-state index >= 15 is 0 Å². The smallest absolute Gasteiger partial charge is 0.320 e. The Morgan fingerprint density at radius 3 is 1.41 bits per heavy atom. The molecule has 0 bridgehead atoms. The van der Waals surface area contributed by atoms with Gasteiger partial charge in [0.25, 0.3) is 0 Å². The number of carbonyl (C=O) groups is 1. The van der Waals surface area contributed by atoms with Gasteiger partial charge in [0.15, 0.2) is 0 Å². The Hall–Kier alpha value is -0.650. The van der Waals surface area contributed by atoms with Crippen LogP contribution in [0.3, 0.4) is 0 Å². The summed E-state index contributed by atoms with van der Waals surface area (Å²) in [5.74, 6) is -0.933. The summed E-state index contributed by atoms with van der Waals surface area (Å²) in [4.78, 5) is 10.1. The first-order chi connectivity index (χ1) is 12.9. The molecular formula is C22H50N3O2+. The number of carboxylic acid groups (broad SMARTS) is 1. The van der Waals surface area contributed by atoms with E-state index in [2.05, 4.69) is 27.7 Å². The summed E-state index contributed by atoms with van der Waals surface area (Å²) < 4.78 is 1.42. The summed E-state index contributed by atoms with van der Waals surface area (Å²) >= 11 is 0. The number of hydrogen-bond donors (Lipinski definition) is 3. The standard InChI is InChI=1S/C16H36N.C6H14N2O2/c1-5-9-13-17(14-10-6-2,15-11-7-3)16-12-8-4;7-4-2-1-3-5(8)6(9)10/h5-16H2,1-4H3;5H,1-4,7-8H2,(H,9,10)/q+1;/t;5-/m.0/s1. The van der Waals surface area contributed by atoms with Gasteiger partial charge in [-0.25, -0.2) is 0 Å². The number of unbranched alkanes of at least 4 members (excludes halogenated alkanes) is 5. The minimum Gasteiger partial charge on any atom is -0.480 e. The lowest BCUT2D eigenvalue weighted by atomic mass is 10.1. The molecule has 0 spiro atoms. The lowest BCUT2D eigenvalue weighted by Gasteiger charge is -2.39. The maximum atomic E-state index is 10.1. The van der Waals surface area contributed by atoms with E-state index in [9.17, 15) is 4.79 Å². The zero-order valence-electron chi connectivity index (χ0n) is 18.8. The van der Waals surface area contributed by atoms with Gasteiger partial charge < -0.3 is 21.1 Å². The van der Waals surface area contributed by atoms with Gasteiger partial charge in [-0.05, 0) is 45.1 Å². The topological polar surface area (TPSA) is 89.3 Å². The molecule has 164 valence electrons. The molecule has 0 aliphatic rings. The van der Waals surface area contributed by atoms with Crippen LogP contribution in [0, 0.1) is 0 Å². The van der Waals surface area contributed by atoms with Gasteiger partial charge in [0, 0.05) is 0 Å². The van der Waals surface area contributed by atoms with Crippen molar-refractivity contribution in [3.63, 3.8) is 0 Å². The summed E-state index contributed by atoms with van der Waals surface area (Å²) in [5, 5.41) is 8.33. The number of nitrogens with zero attached hydrogens (tertiary/aromatic N) is 1. The van der Waals surface area contributed by atoms with E-state index in [1.165, 1.54) is 82.0 Å². The Balaban J connectivity index is 0. The van der Waals surface area contributed by atoms with Crippen molar-refractivity contribution in [2.45, 2.75) is 104 Å². The minimum atomic E-state index is -0.933. The number of aliphatic carboxylic acids is 1. The average Bonchev–Trinajstić information content (AvgIpc) is 2.67. The van der Waals surface area contributed by atoms with Gasteiger partial charge in [-0.1, -0.05) is 59.8 Å². The van der Waals surface area contributed by atoms with E-state index in [-0.39, 0.29) is 0 Å². The Morgan fingerprint density at radius 2 is 1.15 bits per heavy atom. The maximum Gasteiger partial charge on any atom is 0.320 e. The molecule has 0 aromatic heterocycles. The Bertz CT molecular complexity index is 287. The fourth-order valence-electron chi connectivity index (χ4n) is 3.28. The molecule has 0 amide bonds. The summed E-state index contributed by atoms with van der Waals surface area (Å²) in [6.07, 6.45) is 13.2. The van der Waals surface area contributed by atoms with Crippen LogP contribution in [0.5, 0.6) is 0 Å². The zero-order chi connectivity index (χ0) is 21.0. The van der Waals surface area contributed by atoms with Gasteiger partial charge in [-0.3, -0.25) is 4.79 Å². The van der Waals surface area contributed by atoms with Gasteiger partial charge in [0.2, 0.25) is 0 Å². The maximum absolute atomic E-state index is 10.1. The quantitative estimate of drug-likeness (QED) is 0.252. The highest BCUT2D eigenvalue weighted by atomic mass is 16.4. The molecule has 0 aliphatic carbocycles. The van der Waals surface area contributed by atoms with E-state index in [4.69, 9.17) is 16.6 Å². The van der Waals surface area contributed by atoms with E-state index in [0.717, 1.165) is 12.8 Å². The third-order valence-electron chi connectivity index (χ3n) is 5.23. The molecule has 0 rings (SSSR count). The van der Waals surface area contributed by atoms with Gasteiger partial charge in [-0.2, -0.15) is 0 Å². The summed E-state index contributed by atoms with van der Waals surface area (Å²) in [7, 11) is 0. The number of carboxylic acids is 1. The number of rotatable bonds is 17. The predicted molar refractivity (Wildman–Crippen MR) is 118 cm³/mol. The van der Waals surface area contributed by atoms with Gasteiger partial charge in [0.05, 0.1) is 26.2 Å². The molecule has 0 aliphatic heterocycles. The molecule has 0 unspecified atom stereocenters. The van der Waals surface area contributed by atoms with Crippen molar-refractivity contribution < 1.29 is 14.4 Å². The van der Waals surface area contributed by atoms with Crippen LogP contribution in [0.2, 0.25) is 0 Å². The second-order valence-corrected chi connectivity index (χ2v) is 7.88. The molecule has 1 atom stereocenters. The van der Waals surface area contributed by atoms with Crippen LogP contribution in [0.25, 0.3) is 0 Å². The van der Waals surface area contributed by atoms with Crippen LogP contribution in [0.4, 0.5) is 0 Å². The molecular weight excluding hydrogens is 338 g/mol. The molecule has 5 nitrogen and oxygen atoms in total. The van der Waals surface area contributed by atoms with Crippen LogP contribution < -0.4 is 11.5 Å². The third kappa shape index (κ3) is 17.2. The molecule has 0 fully saturated rings. The second-order valence-electron chi connectivity index (χ2n) is 7.88. The molecule has 0 saturated carbocycles. The highest BCUT2D eigenvalue weighted by molar-refractivity contribution is 5.72. The van der Waals surface area contributed by atoms with Crippen molar-refractivity contribution in [1.82, 2.24) is 0 Å². The van der Waals surface area contributed by atoms with Gasteiger partial charge in [0.1, 0.15) is 6.04 Å². The third-order valence-corrected chi connectivity index (χ3v) is 5.23. The molecule has 0 radical (unpaired) electrons. The Labute approximate surface area is 169 Å². The van der Waals surface area contributed by atoms with E-state index < -0.39 is 12.0 Å². The monoisotopic (exact) mass is 388 g/mol. The number of nitrogens with two attached hydrogens (primary N) is 2. The molecule has 0 heterocycles. The predicted octanol–water partition coefficient (Wildman–Crippen LogP) is 4.53.